The first kappa shape index (κ1) is 13.0. The van der Waals surface area contributed by atoms with Gasteiger partial charge in [0.1, 0.15) is 6.07 Å². The summed E-state index contributed by atoms with van der Waals surface area (Å²) < 4.78 is 37.9. The fourth-order valence-corrected chi connectivity index (χ4v) is 1.77. The number of nitrogens with zero attached hydrogens (tertiary/aromatic N) is 1. The van der Waals surface area contributed by atoms with Gasteiger partial charge in [-0.25, -0.2) is 0 Å². The van der Waals surface area contributed by atoms with Gasteiger partial charge in [-0.15, -0.1) is 0 Å². The lowest BCUT2D eigenvalue weighted by molar-refractivity contribution is -0.137. The van der Waals surface area contributed by atoms with E-state index in [9.17, 15) is 18.0 Å². The lowest BCUT2D eigenvalue weighted by Crippen LogP contribution is -2.12. The van der Waals surface area contributed by atoms with E-state index >= 15 is 0 Å². The van der Waals surface area contributed by atoms with E-state index in [0.29, 0.717) is 0 Å². The molecule has 16 heavy (non-hydrogen) atoms. The molecule has 0 fully saturated rings. The van der Waals surface area contributed by atoms with Gasteiger partial charge in [-0.2, -0.15) is 18.4 Å². The van der Waals surface area contributed by atoms with Crippen molar-refractivity contribution in [1.82, 2.24) is 0 Å². The predicted octanol–water partition coefficient (Wildman–Crippen LogP) is 3.38. The molecule has 0 atom stereocenters. The van der Waals surface area contributed by atoms with E-state index in [-0.39, 0.29) is 9.13 Å². The van der Waals surface area contributed by atoms with Crippen molar-refractivity contribution in [3.8, 4) is 6.07 Å². The number of alkyl halides is 3. The summed E-state index contributed by atoms with van der Waals surface area (Å²) in [5, 5.41) is 8.67. The molecule has 0 amide bonds. The Balaban J connectivity index is 3.57. The standard InChI is InChI=1S/C10H5F3INO/c1-5(16)7-2-6(4-15)9(14)3-8(7)10(11,12)13/h2-3H,1H3. The molecule has 0 aliphatic heterocycles. The Morgan fingerprint density at radius 1 is 1.44 bits per heavy atom. The second kappa shape index (κ2) is 4.41. The SMILES string of the molecule is CC(=O)c1cc(C#N)c(I)cc1C(F)(F)F. The number of halogens is 4. The first-order chi connectivity index (χ1) is 7.27. The normalized spacial score (nSPS) is 11.0. The number of hydrogen-bond acceptors (Lipinski definition) is 2. The highest BCUT2D eigenvalue weighted by Crippen LogP contribution is 2.34. The first-order valence-electron chi connectivity index (χ1n) is 4.09. The van der Waals surface area contributed by atoms with Crippen molar-refractivity contribution in [2.75, 3.05) is 0 Å². The number of Topliss-reactive ketones (excluding diaryl/α,β-unsaturated/α-hetero) is 1. The predicted molar refractivity (Wildman–Crippen MR) is 58.9 cm³/mol. The average molecular weight is 339 g/mol. The molecule has 0 heterocycles. The number of carbonyl (C=O) groups excluding carboxylic acids is 1. The van der Waals surface area contributed by atoms with E-state index in [4.69, 9.17) is 5.26 Å². The molecule has 0 saturated carbocycles. The number of hydrogen-bond donors (Lipinski definition) is 0. The van der Waals surface area contributed by atoms with Crippen LogP contribution in [0.15, 0.2) is 12.1 Å². The van der Waals surface area contributed by atoms with Gasteiger partial charge >= 0.3 is 6.18 Å². The molecule has 0 saturated heterocycles. The maximum atomic E-state index is 12.6. The zero-order chi connectivity index (χ0) is 12.5. The Labute approximate surface area is 103 Å². The van der Waals surface area contributed by atoms with Crippen molar-refractivity contribution in [2.45, 2.75) is 13.1 Å². The van der Waals surface area contributed by atoms with Crippen LogP contribution in [0.1, 0.15) is 28.4 Å². The van der Waals surface area contributed by atoms with Crippen LogP contribution in [0, 0.1) is 14.9 Å². The fourth-order valence-electron chi connectivity index (χ4n) is 1.18. The van der Waals surface area contributed by atoms with Crippen molar-refractivity contribution in [2.24, 2.45) is 0 Å². The molecular weight excluding hydrogens is 334 g/mol. The molecule has 0 unspecified atom stereocenters. The van der Waals surface area contributed by atoms with E-state index in [0.717, 1.165) is 19.1 Å². The number of carbonyl (C=O) groups is 1. The van der Waals surface area contributed by atoms with Crippen molar-refractivity contribution in [3.05, 3.63) is 32.4 Å². The molecule has 0 aliphatic rings. The highest BCUT2D eigenvalue weighted by atomic mass is 127. The van der Waals surface area contributed by atoms with Gasteiger partial charge in [0, 0.05) is 9.13 Å². The number of rotatable bonds is 1. The van der Waals surface area contributed by atoms with E-state index in [2.05, 4.69) is 0 Å². The molecule has 1 aromatic carbocycles. The molecule has 0 aliphatic carbocycles. The van der Waals surface area contributed by atoms with Crippen LogP contribution in [0.4, 0.5) is 13.2 Å². The van der Waals surface area contributed by atoms with Crippen LogP contribution in [0.5, 0.6) is 0 Å². The summed E-state index contributed by atoms with van der Waals surface area (Å²) in [6.45, 7) is 1.04. The summed E-state index contributed by atoms with van der Waals surface area (Å²) >= 11 is 1.63. The molecular formula is C10H5F3INO. The van der Waals surface area contributed by atoms with Crippen LogP contribution < -0.4 is 0 Å². The summed E-state index contributed by atoms with van der Waals surface area (Å²) in [5.41, 5.74) is -1.40. The molecule has 0 aromatic heterocycles. The number of ketones is 1. The number of benzene rings is 1. The zero-order valence-corrected chi connectivity index (χ0v) is 10.2. The van der Waals surface area contributed by atoms with Crippen LogP contribution in [0.3, 0.4) is 0 Å². The Morgan fingerprint density at radius 2 is 2.00 bits per heavy atom. The minimum atomic E-state index is -4.59. The van der Waals surface area contributed by atoms with Gasteiger partial charge in [0.05, 0.1) is 11.1 Å². The molecule has 84 valence electrons. The lowest BCUT2D eigenvalue weighted by Gasteiger charge is -2.12. The van der Waals surface area contributed by atoms with Crippen LogP contribution in [0.25, 0.3) is 0 Å². The molecule has 1 rings (SSSR count). The largest absolute Gasteiger partial charge is 0.417 e. The van der Waals surface area contributed by atoms with Gasteiger partial charge in [-0.1, -0.05) is 0 Å². The van der Waals surface area contributed by atoms with E-state index < -0.39 is 23.1 Å². The summed E-state index contributed by atoms with van der Waals surface area (Å²) in [5.74, 6) is -0.708. The maximum Gasteiger partial charge on any atom is 0.417 e. The molecule has 0 N–H and O–H groups in total. The third-order valence-electron chi connectivity index (χ3n) is 1.91. The van der Waals surface area contributed by atoms with E-state index in [1.807, 2.05) is 0 Å². The average Bonchev–Trinajstić information content (AvgIpc) is 2.15. The topological polar surface area (TPSA) is 40.9 Å². The van der Waals surface area contributed by atoms with Crippen molar-refractivity contribution in [3.63, 3.8) is 0 Å². The monoisotopic (exact) mass is 339 g/mol. The quantitative estimate of drug-likeness (QED) is 0.581. The molecule has 6 heteroatoms. The van der Waals surface area contributed by atoms with E-state index in [1.165, 1.54) is 0 Å². The van der Waals surface area contributed by atoms with Crippen molar-refractivity contribution in [1.29, 1.82) is 5.26 Å². The maximum absolute atomic E-state index is 12.6. The van der Waals surface area contributed by atoms with Gasteiger partial charge in [0.2, 0.25) is 0 Å². The second-order valence-electron chi connectivity index (χ2n) is 3.04. The fraction of sp³-hybridized carbons (Fsp3) is 0.200. The minimum absolute atomic E-state index is 0.0683. The highest BCUT2D eigenvalue weighted by Gasteiger charge is 2.35. The summed E-state index contributed by atoms with van der Waals surface area (Å²) in [6.07, 6.45) is -4.59. The lowest BCUT2D eigenvalue weighted by atomic mass is 10.0. The van der Waals surface area contributed by atoms with Gasteiger partial charge in [-0.05, 0) is 41.6 Å². The van der Waals surface area contributed by atoms with Crippen molar-refractivity contribution < 1.29 is 18.0 Å². The highest BCUT2D eigenvalue weighted by molar-refractivity contribution is 14.1. The van der Waals surface area contributed by atoms with Crippen molar-refractivity contribution >= 4 is 28.4 Å². The van der Waals surface area contributed by atoms with Crippen LogP contribution in [-0.4, -0.2) is 5.78 Å². The molecule has 0 bridgehead atoms. The van der Waals surface area contributed by atoms with E-state index in [1.54, 1.807) is 28.7 Å². The Bertz CT molecular complexity index is 488. The third kappa shape index (κ3) is 2.52. The minimum Gasteiger partial charge on any atom is -0.294 e. The smallest absolute Gasteiger partial charge is 0.294 e. The van der Waals surface area contributed by atoms with Crippen LogP contribution >= 0.6 is 22.6 Å². The first-order valence-corrected chi connectivity index (χ1v) is 5.17. The Hall–Kier alpha value is -1.10. The second-order valence-corrected chi connectivity index (χ2v) is 4.21. The Morgan fingerprint density at radius 3 is 2.38 bits per heavy atom. The van der Waals surface area contributed by atoms with Gasteiger partial charge in [0.25, 0.3) is 0 Å². The molecule has 2 nitrogen and oxygen atoms in total. The Kier molecular flexibility index (Phi) is 3.57. The molecule has 0 radical (unpaired) electrons. The number of nitriles is 1. The summed E-state index contributed by atoms with van der Waals surface area (Å²) in [7, 11) is 0. The molecule has 1 aromatic rings. The summed E-state index contributed by atoms with van der Waals surface area (Å²) in [6, 6.07) is 3.54. The van der Waals surface area contributed by atoms with Gasteiger partial charge < -0.3 is 0 Å². The molecule has 0 spiro atoms. The van der Waals surface area contributed by atoms with Gasteiger partial charge in [-0.3, -0.25) is 4.79 Å². The van der Waals surface area contributed by atoms with Crippen LogP contribution in [0.2, 0.25) is 0 Å². The van der Waals surface area contributed by atoms with Gasteiger partial charge in [0.15, 0.2) is 5.78 Å². The third-order valence-corrected chi connectivity index (χ3v) is 2.80. The van der Waals surface area contributed by atoms with Crippen LogP contribution in [-0.2, 0) is 6.18 Å². The summed E-state index contributed by atoms with van der Waals surface area (Å²) in [4.78, 5) is 11.1. The zero-order valence-electron chi connectivity index (χ0n) is 8.02.